The first-order chi connectivity index (χ1) is 5.66. The Morgan fingerprint density at radius 2 is 2.08 bits per heavy atom. The molecule has 0 aliphatic rings. The number of nitrogens with two attached hydrogens (primary N) is 1. The molecule has 0 bridgehead atoms. The molecule has 66 valence electrons. The van der Waals surface area contributed by atoms with Crippen LogP contribution >= 0.6 is 0 Å². The molecule has 0 heterocycles. The molecule has 0 aromatic heterocycles. The number of nitrogen functional groups attached to an aromatic ring is 1. The lowest BCUT2D eigenvalue weighted by atomic mass is 9.96. The van der Waals surface area contributed by atoms with Crippen LogP contribution in [0, 0.1) is 0 Å². The number of aliphatic hydroxyl groups is 1. The molecule has 0 spiro atoms. The Balaban J connectivity index is 3.20. The predicted octanol–water partition coefficient (Wildman–Crippen LogP) is 1.88. The van der Waals surface area contributed by atoms with Crippen molar-refractivity contribution in [2.75, 3.05) is 5.73 Å². The monoisotopic (exact) mass is 165 g/mol. The minimum atomic E-state index is 0.0680. The molecule has 0 aliphatic carbocycles. The van der Waals surface area contributed by atoms with Gasteiger partial charge in [-0.05, 0) is 23.1 Å². The van der Waals surface area contributed by atoms with Crippen LogP contribution in [0.15, 0.2) is 18.2 Å². The standard InChI is InChI=1S/C10H15NO/c1-7(2)10-8(6-12)4-3-5-9(10)11/h3-5,7,12H,6,11H2,1-2H3. The van der Waals surface area contributed by atoms with Gasteiger partial charge in [0.1, 0.15) is 0 Å². The van der Waals surface area contributed by atoms with Gasteiger partial charge in [-0.15, -0.1) is 0 Å². The molecule has 0 unspecified atom stereocenters. The van der Waals surface area contributed by atoms with Crippen molar-refractivity contribution in [1.82, 2.24) is 0 Å². The highest BCUT2D eigenvalue weighted by atomic mass is 16.3. The maximum Gasteiger partial charge on any atom is 0.0685 e. The van der Waals surface area contributed by atoms with Crippen LogP contribution in [0.5, 0.6) is 0 Å². The smallest absolute Gasteiger partial charge is 0.0685 e. The van der Waals surface area contributed by atoms with Gasteiger partial charge in [-0.1, -0.05) is 26.0 Å². The summed E-state index contributed by atoms with van der Waals surface area (Å²) in [6, 6.07) is 5.65. The summed E-state index contributed by atoms with van der Waals surface area (Å²) in [5, 5.41) is 9.04. The van der Waals surface area contributed by atoms with Crippen LogP contribution in [0.25, 0.3) is 0 Å². The Bertz CT molecular complexity index is 269. The van der Waals surface area contributed by atoms with Crippen molar-refractivity contribution in [3.63, 3.8) is 0 Å². The molecule has 1 aromatic carbocycles. The number of hydrogen-bond acceptors (Lipinski definition) is 2. The summed E-state index contributed by atoms with van der Waals surface area (Å²) in [6.45, 7) is 4.22. The highest BCUT2D eigenvalue weighted by molar-refractivity contribution is 5.52. The molecule has 0 fully saturated rings. The topological polar surface area (TPSA) is 46.2 Å². The third-order valence-electron chi connectivity index (χ3n) is 1.98. The average Bonchev–Trinajstić information content (AvgIpc) is 2.03. The van der Waals surface area contributed by atoms with Crippen LogP contribution in [0.1, 0.15) is 30.9 Å². The maximum atomic E-state index is 9.04. The molecule has 2 nitrogen and oxygen atoms in total. The summed E-state index contributed by atoms with van der Waals surface area (Å²) in [6.07, 6.45) is 0. The number of rotatable bonds is 2. The van der Waals surface area contributed by atoms with E-state index < -0.39 is 0 Å². The van der Waals surface area contributed by atoms with Crippen molar-refractivity contribution >= 4 is 5.69 Å². The van der Waals surface area contributed by atoms with E-state index in [4.69, 9.17) is 10.8 Å². The zero-order valence-electron chi connectivity index (χ0n) is 7.54. The van der Waals surface area contributed by atoms with Gasteiger partial charge in [0.25, 0.3) is 0 Å². The van der Waals surface area contributed by atoms with Gasteiger partial charge in [-0.2, -0.15) is 0 Å². The minimum Gasteiger partial charge on any atom is -0.398 e. The normalized spacial score (nSPS) is 10.7. The molecule has 0 aliphatic heterocycles. The van der Waals surface area contributed by atoms with E-state index in [2.05, 4.69) is 13.8 Å². The van der Waals surface area contributed by atoms with Gasteiger partial charge < -0.3 is 10.8 Å². The Labute approximate surface area is 73.0 Å². The predicted molar refractivity (Wildman–Crippen MR) is 50.9 cm³/mol. The van der Waals surface area contributed by atoms with Crippen LogP contribution in [0.4, 0.5) is 5.69 Å². The zero-order valence-corrected chi connectivity index (χ0v) is 7.54. The number of aliphatic hydroxyl groups excluding tert-OH is 1. The quantitative estimate of drug-likeness (QED) is 0.657. The summed E-state index contributed by atoms with van der Waals surface area (Å²) < 4.78 is 0. The number of hydrogen-bond donors (Lipinski definition) is 2. The lowest BCUT2D eigenvalue weighted by molar-refractivity contribution is 0.280. The molecule has 0 atom stereocenters. The molecule has 2 heteroatoms. The largest absolute Gasteiger partial charge is 0.398 e. The highest BCUT2D eigenvalue weighted by Gasteiger charge is 2.08. The van der Waals surface area contributed by atoms with E-state index in [1.807, 2.05) is 18.2 Å². The molecule has 1 aromatic rings. The summed E-state index contributed by atoms with van der Waals surface area (Å²) in [7, 11) is 0. The molecular formula is C10H15NO. The van der Waals surface area contributed by atoms with E-state index in [1.165, 1.54) is 0 Å². The number of anilines is 1. The third kappa shape index (κ3) is 1.59. The van der Waals surface area contributed by atoms with Crippen molar-refractivity contribution in [1.29, 1.82) is 0 Å². The van der Waals surface area contributed by atoms with Crippen molar-refractivity contribution in [3.05, 3.63) is 29.3 Å². The molecule has 0 saturated heterocycles. The lowest BCUT2D eigenvalue weighted by Gasteiger charge is -2.13. The van der Waals surface area contributed by atoms with Crippen molar-refractivity contribution in [3.8, 4) is 0 Å². The fourth-order valence-corrected chi connectivity index (χ4v) is 1.47. The zero-order chi connectivity index (χ0) is 9.14. The second kappa shape index (κ2) is 3.59. The molecule has 3 N–H and O–H groups in total. The van der Waals surface area contributed by atoms with Gasteiger partial charge in [0.2, 0.25) is 0 Å². The fraction of sp³-hybridized carbons (Fsp3) is 0.400. The van der Waals surface area contributed by atoms with Crippen molar-refractivity contribution < 1.29 is 5.11 Å². The third-order valence-corrected chi connectivity index (χ3v) is 1.98. The van der Waals surface area contributed by atoms with E-state index in [-0.39, 0.29) is 6.61 Å². The Kier molecular flexibility index (Phi) is 2.71. The van der Waals surface area contributed by atoms with Crippen LogP contribution in [-0.2, 0) is 6.61 Å². The Morgan fingerprint density at radius 1 is 1.42 bits per heavy atom. The molecule has 12 heavy (non-hydrogen) atoms. The summed E-state index contributed by atoms with van der Waals surface area (Å²) >= 11 is 0. The Morgan fingerprint density at radius 3 is 2.50 bits per heavy atom. The highest BCUT2D eigenvalue weighted by Crippen LogP contribution is 2.25. The maximum absolute atomic E-state index is 9.04. The van der Waals surface area contributed by atoms with E-state index in [1.54, 1.807) is 0 Å². The van der Waals surface area contributed by atoms with Crippen LogP contribution < -0.4 is 5.73 Å². The van der Waals surface area contributed by atoms with Crippen molar-refractivity contribution in [2.45, 2.75) is 26.4 Å². The fourth-order valence-electron chi connectivity index (χ4n) is 1.47. The minimum absolute atomic E-state index is 0.0680. The Hall–Kier alpha value is -1.02. The van der Waals surface area contributed by atoms with E-state index in [0.717, 1.165) is 16.8 Å². The van der Waals surface area contributed by atoms with E-state index in [0.29, 0.717) is 5.92 Å². The van der Waals surface area contributed by atoms with Crippen molar-refractivity contribution in [2.24, 2.45) is 0 Å². The van der Waals surface area contributed by atoms with Crippen LogP contribution in [-0.4, -0.2) is 5.11 Å². The second-order valence-electron chi connectivity index (χ2n) is 3.23. The molecular weight excluding hydrogens is 150 g/mol. The van der Waals surface area contributed by atoms with Gasteiger partial charge in [-0.3, -0.25) is 0 Å². The first-order valence-corrected chi connectivity index (χ1v) is 4.15. The van der Waals surface area contributed by atoms with Gasteiger partial charge in [0.15, 0.2) is 0 Å². The van der Waals surface area contributed by atoms with E-state index >= 15 is 0 Å². The van der Waals surface area contributed by atoms with Gasteiger partial charge in [0, 0.05) is 5.69 Å². The second-order valence-corrected chi connectivity index (χ2v) is 3.23. The molecule has 0 radical (unpaired) electrons. The molecule has 1 rings (SSSR count). The molecule has 0 saturated carbocycles. The first kappa shape index (κ1) is 9.07. The van der Waals surface area contributed by atoms with Gasteiger partial charge in [-0.25, -0.2) is 0 Å². The van der Waals surface area contributed by atoms with Crippen LogP contribution in [0.2, 0.25) is 0 Å². The average molecular weight is 165 g/mol. The van der Waals surface area contributed by atoms with E-state index in [9.17, 15) is 0 Å². The SMILES string of the molecule is CC(C)c1c(N)cccc1CO. The van der Waals surface area contributed by atoms with Gasteiger partial charge in [0.05, 0.1) is 6.61 Å². The summed E-state index contributed by atoms with van der Waals surface area (Å²) in [5.74, 6) is 0.369. The lowest BCUT2D eigenvalue weighted by Crippen LogP contribution is -2.01. The van der Waals surface area contributed by atoms with Crippen LogP contribution in [0.3, 0.4) is 0 Å². The summed E-state index contributed by atoms with van der Waals surface area (Å²) in [5.41, 5.74) is 8.57. The number of benzene rings is 1. The first-order valence-electron chi connectivity index (χ1n) is 4.15. The molecule has 0 amide bonds. The van der Waals surface area contributed by atoms with Gasteiger partial charge >= 0.3 is 0 Å². The summed E-state index contributed by atoms with van der Waals surface area (Å²) in [4.78, 5) is 0.